The summed E-state index contributed by atoms with van der Waals surface area (Å²) in [5.74, 6) is 1.81. The van der Waals surface area contributed by atoms with Crippen molar-refractivity contribution in [3.05, 3.63) is 24.3 Å². The maximum atomic E-state index is 12.2. The number of hydrogen-bond acceptors (Lipinski definition) is 5. The molecular formula is C21H30N2O4. The third-order valence-corrected chi connectivity index (χ3v) is 6.04. The second-order valence-electron chi connectivity index (χ2n) is 8.02. The fraction of sp³-hybridized carbons (Fsp3) is 0.667. The summed E-state index contributed by atoms with van der Waals surface area (Å²) in [5, 5.41) is 0. The molecule has 6 nitrogen and oxygen atoms in total. The number of likely N-dealkylation sites (tertiary alicyclic amines) is 1. The van der Waals surface area contributed by atoms with Gasteiger partial charge < -0.3 is 24.0 Å². The van der Waals surface area contributed by atoms with Gasteiger partial charge in [-0.2, -0.15) is 0 Å². The molecule has 2 fully saturated rings. The third-order valence-electron chi connectivity index (χ3n) is 6.04. The number of carbonyl (C=O) groups excluding carboxylic acids is 1. The van der Waals surface area contributed by atoms with Gasteiger partial charge in [0.1, 0.15) is 18.8 Å². The van der Waals surface area contributed by atoms with Crippen LogP contribution >= 0.6 is 0 Å². The smallest absolute Gasteiger partial charge is 0.251 e. The molecule has 2 saturated heterocycles. The molecule has 4 rings (SSSR count). The highest BCUT2D eigenvalue weighted by molar-refractivity contribution is 5.81. The van der Waals surface area contributed by atoms with E-state index in [2.05, 4.69) is 4.90 Å². The largest absolute Gasteiger partial charge is 0.486 e. The van der Waals surface area contributed by atoms with Gasteiger partial charge >= 0.3 is 0 Å². The maximum Gasteiger partial charge on any atom is 0.251 e. The lowest BCUT2D eigenvalue weighted by Crippen LogP contribution is -2.60. The lowest BCUT2D eigenvalue weighted by atomic mass is 9.88. The predicted octanol–water partition coefficient (Wildman–Crippen LogP) is 2.32. The van der Waals surface area contributed by atoms with Crippen molar-refractivity contribution in [2.45, 2.75) is 50.4 Å². The first kappa shape index (κ1) is 18.6. The van der Waals surface area contributed by atoms with Gasteiger partial charge in [-0.3, -0.25) is 4.79 Å². The molecule has 1 aromatic carbocycles. The van der Waals surface area contributed by atoms with Gasteiger partial charge in [-0.05, 0) is 31.4 Å². The summed E-state index contributed by atoms with van der Waals surface area (Å²) in [5.41, 5.74) is -0.163. The quantitative estimate of drug-likeness (QED) is 0.810. The first-order chi connectivity index (χ1) is 13.1. The van der Waals surface area contributed by atoms with Crippen molar-refractivity contribution < 1.29 is 19.0 Å². The van der Waals surface area contributed by atoms with Crippen LogP contribution in [0.1, 0.15) is 32.6 Å². The normalized spacial score (nSPS) is 27.8. The number of para-hydroxylation sites is 2. The van der Waals surface area contributed by atoms with Crippen LogP contribution in [-0.2, 0) is 9.53 Å². The summed E-state index contributed by atoms with van der Waals surface area (Å²) in [6, 6.07) is 7.86. The molecule has 2 unspecified atom stereocenters. The van der Waals surface area contributed by atoms with Gasteiger partial charge in [-0.25, -0.2) is 0 Å². The van der Waals surface area contributed by atoms with Gasteiger partial charge in [0.2, 0.25) is 0 Å². The number of nitrogens with zero attached hydrogens (tertiary/aromatic N) is 2. The van der Waals surface area contributed by atoms with E-state index in [1.165, 1.54) is 0 Å². The average Bonchev–Trinajstić information content (AvgIpc) is 2.70. The molecule has 1 amide bonds. The Morgan fingerprint density at radius 3 is 2.67 bits per heavy atom. The van der Waals surface area contributed by atoms with Gasteiger partial charge in [0.05, 0.1) is 5.60 Å². The van der Waals surface area contributed by atoms with Crippen molar-refractivity contribution in [1.29, 1.82) is 0 Å². The number of rotatable bonds is 4. The Morgan fingerprint density at radius 1 is 1.19 bits per heavy atom. The Bertz CT molecular complexity index is 672. The Hall–Kier alpha value is -1.79. The zero-order valence-corrected chi connectivity index (χ0v) is 16.4. The molecule has 1 aromatic rings. The van der Waals surface area contributed by atoms with Crippen LogP contribution in [-0.4, -0.2) is 73.3 Å². The summed E-state index contributed by atoms with van der Waals surface area (Å²) in [6.45, 7) is 6.36. The fourth-order valence-electron chi connectivity index (χ4n) is 4.40. The topological polar surface area (TPSA) is 51.2 Å². The standard InChI is InChI=1S/C21H30N2O4/c1-3-17-20(24)22(2)15-21(27-17)9-12-23(13-10-21)11-8-16-14-25-18-6-4-5-7-19(18)26-16/h4-7,16-17H,3,8-15H2,1-2H3. The van der Waals surface area contributed by atoms with Gasteiger partial charge in [-0.1, -0.05) is 19.1 Å². The van der Waals surface area contributed by atoms with Crippen LogP contribution in [0.3, 0.4) is 0 Å². The molecule has 0 saturated carbocycles. The Morgan fingerprint density at radius 2 is 1.93 bits per heavy atom. The molecular weight excluding hydrogens is 344 g/mol. The van der Waals surface area contributed by atoms with Crippen LogP contribution in [0.15, 0.2) is 24.3 Å². The first-order valence-electron chi connectivity index (χ1n) is 10.1. The number of ether oxygens (including phenoxy) is 3. The highest BCUT2D eigenvalue weighted by atomic mass is 16.6. The summed E-state index contributed by atoms with van der Waals surface area (Å²) in [4.78, 5) is 16.5. The van der Waals surface area contributed by atoms with E-state index < -0.39 is 0 Å². The van der Waals surface area contributed by atoms with Crippen molar-refractivity contribution in [3.63, 3.8) is 0 Å². The minimum absolute atomic E-state index is 0.106. The van der Waals surface area contributed by atoms with Gasteiger partial charge in [0.15, 0.2) is 11.5 Å². The molecule has 148 valence electrons. The van der Waals surface area contributed by atoms with Crippen LogP contribution in [0, 0.1) is 0 Å². The first-order valence-corrected chi connectivity index (χ1v) is 10.1. The monoisotopic (exact) mass is 374 g/mol. The lowest BCUT2D eigenvalue weighted by Gasteiger charge is -2.48. The van der Waals surface area contributed by atoms with Crippen molar-refractivity contribution in [2.75, 3.05) is 39.8 Å². The SMILES string of the molecule is CCC1OC2(CCN(CCC3COc4ccccc4O3)CC2)CN(C)C1=O. The number of benzene rings is 1. The van der Waals surface area contributed by atoms with Crippen molar-refractivity contribution >= 4 is 5.91 Å². The molecule has 0 bridgehead atoms. The summed E-state index contributed by atoms with van der Waals surface area (Å²) >= 11 is 0. The number of likely N-dealkylation sites (N-methyl/N-ethyl adjacent to an activating group) is 1. The molecule has 0 N–H and O–H groups in total. The van der Waals surface area contributed by atoms with Crippen LogP contribution in [0.4, 0.5) is 0 Å². The van der Waals surface area contributed by atoms with E-state index in [9.17, 15) is 4.79 Å². The van der Waals surface area contributed by atoms with Crippen LogP contribution in [0.5, 0.6) is 11.5 Å². The molecule has 3 aliphatic rings. The van der Waals surface area contributed by atoms with Crippen LogP contribution < -0.4 is 9.47 Å². The summed E-state index contributed by atoms with van der Waals surface area (Å²) in [6.07, 6.45) is 3.49. The molecule has 2 atom stereocenters. The lowest BCUT2D eigenvalue weighted by molar-refractivity contribution is -0.190. The number of piperidine rings is 1. The number of morpholine rings is 1. The molecule has 3 aliphatic heterocycles. The summed E-state index contributed by atoms with van der Waals surface area (Å²) < 4.78 is 18.1. The zero-order valence-electron chi connectivity index (χ0n) is 16.4. The number of hydrogen-bond donors (Lipinski definition) is 0. The number of fused-ring (bicyclic) bond motifs is 1. The van der Waals surface area contributed by atoms with E-state index in [1.807, 2.05) is 43.1 Å². The Labute approximate surface area is 161 Å². The molecule has 0 radical (unpaired) electrons. The molecule has 1 spiro atoms. The highest BCUT2D eigenvalue weighted by Crippen LogP contribution is 2.34. The van der Waals surface area contributed by atoms with Gasteiger partial charge in [0.25, 0.3) is 5.91 Å². The third kappa shape index (κ3) is 3.92. The van der Waals surface area contributed by atoms with E-state index in [-0.39, 0.29) is 23.7 Å². The molecule has 0 aliphatic carbocycles. The second-order valence-corrected chi connectivity index (χ2v) is 8.02. The molecule has 0 aromatic heterocycles. The zero-order chi connectivity index (χ0) is 18.9. The van der Waals surface area contributed by atoms with Gasteiger partial charge in [0, 0.05) is 39.6 Å². The van der Waals surface area contributed by atoms with E-state index in [1.54, 1.807) is 0 Å². The average molecular weight is 374 g/mol. The number of carbonyl (C=O) groups is 1. The minimum Gasteiger partial charge on any atom is -0.486 e. The Kier molecular flexibility index (Phi) is 5.28. The van der Waals surface area contributed by atoms with Crippen molar-refractivity contribution in [2.24, 2.45) is 0 Å². The van der Waals surface area contributed by atoms with Crippen molar-refractivity contribution in [3.8, 4) is 11.5 Å². The van der Waals surface area contributed by atoms with E-state index >= 15 is 0 Å². The van der Waals surface area contributed by atoms with E-state index in [0.29, 0.717) is 13.2 Å². The van der Waals surface area contributed by atoms with E-state index in [0.717, 1.165) is 56.8 Å². The molecule has 6 heteroatoms. The number of amides is 1. The minimum atomic E-state index is -0.275. The van der Waals surface area contributed by atoms with Crippen LogP contribution in [0.2, 0.25) is 0 Å². The fourth-order valence-corrected chi connectivity index (χ4v) is 4.40. The van der Waals surface area contributed by atoms with E-state index in [4.69, 9.17) is 14.2 Å². The second kappa shape index (κ2) is 7.68. The maximum absolute atomic E-state index is 12.2. The summed E-state index contributed by atoms with van der Waals surface area (Å²) in [7, 11) is 1.90. The van der Waals surface area contributed by atoms with Crippen molar-refractivity contribution in [1.82, 2.24) is 9.80 Å². The Balaban J connectivity index is 1.26. The molecule has 3 heterocycles. The van der Waals surface area contributed by atoms with Crippen LogP contribution in [0.25, 0.3) is 0 Å². The predicted molar refractivity (Wildman–Crippen MR) is 102 cm³/mol. The molecule has 27 heavy (non-hydrogen) atoms. The highest BCUT2D eigenvalue weighted by Gasteiger charge is 2.45. The van der Waals surface area contributed by atoms with Gasteiger partial charge in [-0.15, -0.1) is 0 Å².